The SMILES string of the molecule is COc1cc(OC)cc(S(=O)(=O)N2CCCC(C(C)N)C2)c1. The average Bonchev–Trinajstić information content (AvgIpc) is 2.54. The van der Waals surface area contributed by atoms with Crippen molar-refractivity contribution in [3.63, 3.8) is 0 Å². The van der Waals surface area contributed by atoms with Crippen LogP contribution >= 0.6 is 0 Å². The molecule has 0 spiro atoms. The quantitative estimate of drug-likeness (QED) is 0.885. The summed E-state index contributed by atoms with van der Waals surface area (Å²) in [7, 11) is -0.579. The van der Waals surface area contributed by atoms with Gasteiger partial charge in [0.1, 0.15) is 11.5 Å². The number of sulfonamides is 1. The van der Waals surface area contributed by atoms with Crippen LogP contribution in [-0.2, 0) is 10.0 Å². The molecule has 0 amide bonds. The van der Waals surface area contributed by atoms with Crippen molar-refractivity contribution in [1.82, 2.24) is 4.31 Å². The molecular weight excluding hydrogens is 304 g/mol. The number of hydrogen-bond donors (Lipinski definition) is 1. The Hall–Kier alpha value is -1.31. The Balaban J connectivity index is 2.33. The number of ether oxygens (including phenoxy) is 2. The Morgan fingerprint density at radius 2 is 1.82 bits per heavy atom. The van der Waals surface area contributed by atoms with Crippen LogP contribution in [0.15, 0.2) is 23.1 Å². The van der Waals surface area contributed by atoms with Crippen molar-refractivity contribution >= 4 is 10.0 Å². The highest BCUT2D eigenvalue weighted by Crippen LogP contribution is 2.30. The molecule has 6 nitrogen and oxygen atoms in total. The van der Waals surface area contributed by atoms with E-state index in [1.54, 1.807) is 6.07 Å². The van der Waals surface area contributed by atoms with Crippen molar-refractivity contribution in [3.8, 4) is 11.5 Å². The van der Waals surface area contributed by atoms with Gasteiger partial charge in [0, 0.05) is 37.3 Å². The summed E-state index contributed by atoms with van der Waals surface area (Å²) in [6.45, 7) is 2.90. The van der Waals surface area contributed by atoms with Gasteiger partial charge in [-0.1, -0.05) is 0 Å². The minimum absolute atomic E-state index is 0.0159. The minimum Gasteiger partial charge on any atom is -0.497 e. The van der Waals surface area contributed by atoms with Gasteiger partial charge in [-0.2, -0.15) is 4.31 Å². The third-order valence-electron chi connectivity index (χ3n) is 4.13. The highest BCUT2D eigenvalue weighted by molar-refractivity contribution is 7.89. The molecule has 1 heterocycles. The smallest absolute Gasteiger partial charge is 0.243 e. The molecule has 0 radical (unpaired) electrons. The van der Waals surface area contributed by atoms with Crippen molar-refractivity contribution in [2.45, 2.75) is 30.7 Å². The van der Waals surface area contributed by atoms with E-state index in [0.29, 0.717) is 24.6 Å². The second kappa shape index (κ2) is 6.85. The van der Waals surface area contributed by atoms with Gasteiger partial charge in [0.2, 0.25) is 10.0 Å². The number of rotatable bonds is 5. The zero-order valence-electron chi connectivity index (χ0n) is 13.3. The Morgan fingerprint density at radius 3 is 2.32 bits per heavy atom. The summed E-state index contributed by atoms with van der Waals surface area (Å²) in [5.74, 6) is 1.10. The van der Waals surface area contributed by atoms with Crippen LogP contribution in [-0.4, -0.2) is 46.1 Å². The molecule has 0 aliphatic carbocycles. The van der Waals surface area contributed by atoms with Crippen molar-refractivity contribution in [2.75, 3.05) is 27.3 Å². The molecular formula is C15H24N2O4S. The monoisotopic (exact) mass is 328 g/mol. The fourth-order valence-corrected chi connectivity index (χ4v) is 4.29. The van der Waals surface area contributed by atoms with Crippen LogP contribution in [0.5, 0.6) is 11.5 Å². The largest absolute Gasteiger partial charge is 0.497 e. The second-order valence-electron chi connectivity index (χ2n) is 5.67. The summed E-state index contributed by atoms with van der Waals surface area (Å²) >= 11 is 0. The number of hydrogen-bond acceptors (Lipinski definition) is 5. The van der Waals surface area contributed by atoms with E-state index in [1.807, 2.05) is 6.92 Å². The molecule has 0 bridgehead atoms. The molecule has 2 N–H and O–H groups in total. The van der Waals surface area contributed by atoms with Gasteiger partial charge in [-0.25, -0.2) is 8.42 Å². The Morgan fingerprint density at radius 1 is 1.23 bits per heavy atom. The summed E-state index contributed by atoms with van der Waals surface area (Å²) in [4.78, 5) is 0.189. The van der Waals surface area contributed by atoms with Crippen molar-refractivity contribution in [3.05, 3.63) is 18.2 Å². The zero-order valence-corrected chi connectivity index (χ0v) is 14.1. The number of nitrogens with two attached hydrogens (primary N) is 1. The normalized spacial score (nSPS) is 21.4. The van der Waals surface area contributed by atoms with Crippen LogP contribution in [0, 0.1) is 5.92 Å². The summed E-state index contributed by atoms with van der Waals surface area (Å²) in [5, 5.41) is 0. The van der Waals surface area contributed by atoms with Crippen LogP contribution in [0.1, 0.15) is 19.8 Å². The van der Waals surface area contributed by atoms with Crippen molar-refractivity contribution in [1.29, 1.82) is 0 Å². The lowest BCUT2D eigenvalue weighted by atomic mass is 9.93. The molecule has 2 rings (SSSR count). The topological polar surface area (TPSA) is 81.9 Å². The first-order valence-corrected chi connectivity index (χ1v) is 8.81. The molecule has 0 aromatic heterocycles. The van der Waals surface area contributed by atoms with E-state index in [0.717, 1.165) is 12.8 Å². The van der Waals surface area contributed by atoms with E-state index < -0.39 is 10.0 Å². The standard InChI is InChI=1S/C15H24N2O4S/c1-11(16)12-5-4-6-17(10-12)22(18,19)15-8-13(20-2)7-14(9-15)21-3/h7-9,11-12H,4-6,10,16H2,1-3H3. The first-order valence-electron chi connectivity index (χ1n) is 7.37. The highest BCUT2D eigenvalue weighted by atomic mass is 32.2. The first-order chi connectivity index (χ1) is 10.4. The van der Waals surface area contributed by atoms with Crippen LogP contribution in [0.2, 0.25) is 0 Å². The van der Waals surface area contributed by atoms with Gasteiger partial charge in [-0.05, 0) is 25.7 Å². The molecule has 1 fully saturated rings. The van der Waals surface area contributed by atoms with Gasteiger partial charge in [0.05, 0.1) is 19.1 Å². The first kappa shape index (κ1) is 17.1. The number of piperidine rings is 1. The lowest BCUT2D eigenvalue weighted by molar-refractivity contribution is 0.243. The maximum Gasteiger partial charge on any atom is 0.243 e. The third kappa shape index (κ3) is 3.53. The third-order valence-corrected chi connectivity index (χ3v) is 5.97. The molecule has 124 valence electrons. The Bertz CT molecular complexity index is 594. The lowest BCUT2D eigenvalue weighted by Gasteiger charge is -2.33. The fourth-order valence-electron chi connectivity index (χ4n) is 2.70. The molecule has 1 aromatic rings. The van der Waals surface area contributed by atoms with E-state index in [1.165, 1.54) is 30.7 Å². The van der Waals surface area contributed by atoms with Crippen LogP contribution in [0.25, 0.3) is 0 Å². The average molecular weight is 328 g/mol. The summed E-state index contributed by atoms with van der Waals surface area (Å²) < 4.78 is 37.6. The van der Waals surface area contributed by atoms with Crippen molar-refractivity contribution in [2.24, 2.45) is 11.7 Å². The van der Waals surface area contributed by atoms with Gasteiger partial charge in [-0.15, -0.1) is 0 Å². The molecule has 2 unspecified atom stereocenters. The maximum atomic E-state index is 12.9. The minimum atomic E-state index is -3.58. The predicted octanol–water partition coefficient (Wildman–Crippen LogP) is 1.45. The lowest BCUT2D eigenvalue weighted by Crippen LogP contribution is -2.44. The van der Waals surface area contributed by atoms with E-state index in [2.05, 4.69) is 0 Å². The van der Waals surface area contributed by atoms with E-state index in [4.69, 9.17) is 15.2 Å². The van der Waals surface area contributed by atoms with Gasteiger partial charge >= 0.3 is 0 Å². The number of benzene rings is 1. The molecule has 22 heavy (non-hydrogen) atoms. The van der Waals surface area contributed by atoms with Crippen LogP contribution < -0.4 is 15.2 Å². The molecule has 1 aliphatic rings. The van der Waals surface area contributed by atoms with Crippen LogP contribution in [0.4, 0.5) is 0 Å². The molecule has 7 heteroatoms. The van der Waals surface area contributed by atoms with Crippen LogP contribution in [0.3, 0.4) is 0 Å². The number of methoxy groups -OCH3 is 2. The van der Waals surface area contributed by atoms with Gasteiger partial charge in [0.25, 0.3) is 0 Å². The Labute approximate surface area is 132 Å². The molecule has 2 atom stereocenters. The molecule has 0 saturated carbocycles. The highest BCUT2D eigenvalue weighted by Gasteiger charge is 2.32. The summed E-state index contributed by atoms with van der Waals surface area (Å²) in [6, 6.07) is 4.68. The van der Waals surface area contributed by atoms with Gasteiger partial charge in [-0.3, -0.25) is 0 Å². The zero-order chi connectivity index (χ0) is 16.3. The maximum absolute atomic E-state index is 12.9. The molecule has 1 aliphatic heterocycles. The fraction of sp³-hybridized carbons (Fsp3) is 0.600. The van der Waals surface area contributed by atoms with E-state index >= 15 is 0 Å². The molecule has 1 saturated heterocycles. The van der Waals surface area contributed by atoms with Gasteiger partial charge in [0.15, 0.2) is 0 Å². The second-order valence-corrected chi connectivity index (χ2v) is 7.61. The summed E-state index contributed by atoms with van der Waals surface area (Å²) in [6.07, 6.45) is 1.79. The van der Waals surface area contributed by atoms with E-state index in [9.17, 15) is 8.42 Å². The van der Waals surface area contributed by atoms with E-state index in [-0.39, 0.29) is 16.9 Å². The predicted molar refractivity (Wildman–Crippen MR) is 84.7 cm³/mol. The Kier molecular flexibility index (Phi) is 5.31. The van der Waals surface area contributed by atoms with Gasteiger partial charge < -0.3 is 15.2 Å². The van der Waals surface area contributed by atoms with Crippen molar-refractivity contribution < 1.29 is 17.9 Å². The summed E-state index contributed by atoms with van der Waals surface area (Å²) in [5.41, 5.74) is 5.94. The number of nitrogens with zero attached hydrogens (tertiary/aromatic N) is 1. The molecule has 1 aromatic carbocycles.